The highest BCUT2D eigenvalue weighted by Gasteiger charge is 2.04. The van der Waals surface area contributed by atoms with Crippen LogP contribution in [0.25, 0.3) is 0 Å². The van der Waals surface area contributed by atoms with Gasteiger partial charge in [-0.1, -0.05) is 0 Å². The topological polar surface area (TPSA) is 87.7 Å². The number of hydrogen-bond donors (Lipinski definition) is 3. The van der Waals surface area contributed by atoms with Gasteiger partial charge in [0, 0.05) is 11.7 Å². The van der Waals surface area contributed by atoms with Crippen molar-refractivity contribution < 1.29 is 19.4 Å². The van der Waals surface area contributed by atoms with E-state index in [9.17, 15) is 9.59 Å². The number of ether oxygens (including phenoxy) is 1. The van der Waals surface area contributed by atoms with Gasteiger partial charge in [0.25, 0.3) is 0 Å². The van der Waals surface area contributed by atoms with E-state index < -0.39 is 5.97 Å². The van der Waals surface area contributed by atoms with Gasteiger partial charge in [-0.3, -0.25) is 0 Å². The number of amides is 2. The first kappa shape index (κ1) is 13.8. The van der Waals surface area contributed by atoms with Crippen molar-refractivity contribution in [3.05, 3.63) is 24.3 Å². The maximum absolute atomic E-state index is 11.4. The smallest absolute Gasteiger partial charge is 0.341 e. The van der Waals surface area contributed by atoms with Gasteiger partial charge >= 0.3 is 12.0 Å². The summed E-state index contributed by atoms with van der Waals surface area (Å²) in [6.07, 6.45) is 0. The molecule has 0 spiro atoms. The van der Waals surface area contributed by atoms with E-state index in [-0.39, 0.29) is 18.7 Å². The second-order valence-electron chi connectivity index (χ2n) is 3.96. The average Bonchev–Trinajstić information content (AvgIpc) is 2.26. The molecule has 1 rings (SSSR count). The van der Waals surface area contributed by atoms with E-state index in [2.05, 4.69) is 10.6 Å². The minimum atomic E-state index is -1.03. The molecular weight excluding hydrogens is 236 g/mol. The van der Waals surface area contributed by atoms with E-state index in [1.165, 1.54) is 0 Å². The summed E-state index contributed by atoms with van der Waals surface area (Å²) < 4.78 is 4.96. The fourth-order valence-corrected chi connectivity index (χ4v) is 1.21. The molecule has 6 heteroatoms. The first-order valence-electron chi connectivity index (χ1n) is 5.49. The van der Waals surface area contributed by atoms with Crippen molar-refractivity contribution in [1.82, 2.24) is 5.32 Å². The van der Waals surface area contributed by atoms with Gasteiger partial charge in [-0.2, -0.15) is 0 Å². The lowest BCUT2D eigenvalue weighted by Gasteiger charge is -2.10. The Morgan fingerprint density at radius 1 is 1.28 bits per heavy atom. The molecule has 3 N–H and O–H groups in total. The van der Waals surface area contributed by atoms with E-state index in [4.69, 9.17) is 9.84 Å². The van der Waals surface area contributed by atoms with Crippen LogP contribution in [0.1, 0.15) is 13.8 Å². The van der Waals surface area contributed by atoms with Crippen molar-refractivity contribution in [1.29, 1.82) is 0 Å². The van der Waals surface area contributed by atoms with Crippen LogP contribution < -0.4 is 15.4 Å². The van der Waals surface area contributed by atoms with E-state index >= 15 is 0 Å². The van der Waals surface area contributed by atoms with Crippen LogP contribution in [0.2, 0.25) is 0 Å². The fourth-order valence-electron chi connectivity index (χ4n) is 1.21. The Morgan fingerprint density at radius 3 is 2.39 bits per heavy atom. The molecule has 0 aliphatic carbocycles. The summed E-state index contributed by atoms with van der Waals surface area (Å²) in [7, 11) is 0. The van der Waals surface area contributed by atoms with Gasteiger partial charge in [0.1, 0.15) is 5.75 Å². The number of aliphatic carboxylic acids is 1. The fraction of sp³-hybridized carbons (Fsp3) is 0.333. The van der Waals surface area contributed by atoms with Crippen LogP contribution in [0.15, 0.2) is 24.3 Å². The van der Waals surface area contributed by atoms with Crippen LogP contribution in [0, 0.1) is 0 Å². The third-order valence-electron chi connectivity index (χ3n) is 1.89. The third kappa shape index (κ3) is 5.20. The van der Waals surface area contributed by atoms with Gasteiger partial charge in [-0.25, -0.2) is 9.59 Å². The largest absolute Gasteiger partial charge is 0.482 e. The van der Waals surface area contributed by atoms with Crippen LogP contribution in [-0.4, -0.2) is 29.8 Å². The third-order valence-corrected chi connectivity index (χ3v) is 1.89. The minimum absolute atomic E-state index is 0.0585. The maximum Gasteiger partial charge on any atom is 0.341 e. The minimum Gasteiger partial charge on any atom is -0.482 e. The first-order chi connectivity index (χ1) is 8.47. The quantitative estimate of drug-likeness (QED) is 0.744. The van der Waals surface area contributed by atoms with Gasteiger partial charge in [-0.05, 0) is 38.1 Å². The molecule has 0 unspecified atom stereocenters. The highest BCUT2D eigenvalue weighted by molar-refractivity contribution is 5.89. The van der Waals surface area contributed by atoms with Crippen LogP contribution >= 0.6 is 0 Å². The predicted molar refractivity (Wildman–Crippen MR) is 66.9 cm³/mol. The van der Waals surface area contributed by atoms with Gasteiger partial charge in [0.05, 0.1) is 0 Å². The van der Waals surface area contributed by atoms with Gasteiger partial charge in [-0.15, -0.1) is 0 Å². The molecule has 0 atom stereocenters. The number of rotatable bonds is 5. The van der Waals surface area contributed by atoms with Crippen LogP contribution in [-0.2, 0) is 4.79 Å². The molecule has 1 aromatic carbocycles. The number of anilines is 1. The number of carbonyl (C=O) groups is 2. The molecule has 0 aromatic heterocycles. The summed E-state index contributed by atoms with van der Waals surface area (Å²) in [5.74, 6) is -0.597. The summed E-state index contributed by atoms with van der Waals surface area (Å²) in [6.45, 7) is 3.34. The second kappa shape index (κ2) is 6.48. The van der Waals surface area contributed by atoms with E-state index in [1.54, 1.807) is 24.3 Å². The van der Waals surface area contributed by atoms with E-state index in [1.807, 2.05) is 13.8 Å². The maximum atomic E-state index is 11.4. The lowest BCUT2D eigenvalue weighted by Crippen LogP contribution is -2.34. The zero-order valence-electron chi connectivity index (χ0n) is 10.3. The number of carboxylic acids is 1. The molecule has 18 heavy (non-hydrogen) atoms. The van der Waals surface area contributed by atoms with Crippen molar-refractivity contribution in [2.24, 2.45) is 0 Å². The lowest BCUT2D eigenvalue weighted by atomic mass is 10.3. The van der Waals surface area contributed by atoms with E-state index in [0.29, 0.717) is 11.4 Å². The summed E-state index contributed by atoms with van der Waals surface area (Å²) in [6, 6.07) is 6.23. The Kier molecular flexibility index (Phi) is 4.98. The second-order valence-corrected chi connectivity index (χ2v) is 3.96. The SMILES string of the molecule is CC(C)NC(=O)Nc1ccc(OCC(=O)O)cc1. The predicted octanol–water partition coefficient (Wildman–Crippen LogP) is 1.68. The highest BCUT2D eigenvalue weighted by Crippen LogP contribution is 2.15. The molecule has 0 aliphatic heterocycles. The monoisotopic (exact) mass is 252 g/mol. The molecule has 0 radical (unpaired) electrons. The molecule has 0 bridgehead atoms. The Hall–Kier alpha value is -2.24. The van der Waals surface area contributed by atoms with Gasteiger partial charge in [0.15, 0.2) is 6.61 Å². The number of nitrogens with one attached hydrogen (secondary N) is 2. The molecule has 0 saturated heterocycles. The Balaban J connectivity index is 2.49. The standard InChI is InChI=1S/C12H16N2O4/c1-8(2)13-12(17)14-9-3-5-10(6-4-9)18-7-11(15)16/h3-6,8H,7H2,1-2H3,(H,15,16)(H2,13,14,17). The highest BCUT2D eigenvalue weighted by atomic mass is 16.5. The van der Waals surface area contributed by atoms with Crippen LogP contribution in [0.5, 0.6) is 5.75 Å². The molecular formula is C12H16N2O4. The molecule has 2 amide bonds. The summed E-state index contributed by atoms with van der Waals surface area (Å²) in [5, 5.41) is 13.8. The summed E-state index contributed by atoms with van der Waals surface area (Å²) in [4.78, 5) is 21.7. The Bertz CT molecular complexity index is 415. The first-order valence-corrected chi connectivity index (χ1v) is 5.49. The average molecular weight is 252 g/mol. The number of carbonyl (C=O) groups excluding carboxylic acids is 1. The zero-order valence-corrected chi connectivity index (χ0v) is 10.3. The van der Waals surface area contributed by atoms with Crippen molar-refractivity contribution in [3.63, 3.8) is 0 Å². The van der Waals surface area contributed by atoms with E-state index in [0.717, 1.165) is 0 Å². The van der Waals surface area contributed by atoms with Crippen LogP contribution in [0.4, 0.5) is 10.5 Å². The molecule has 98 valence electrons. The Labute approximate surface area is 105 Å². The van der Waals surface area contributed by atoms with Crippen molar-refractivity contribution in [2.75, 3.05) is 11.9 Å². The molecule has 0 aliphatic rings. The molecule has 0 saturated carbocycles. The number of benzene rings is 1. The number of carboxylic acid groups (broad SMARTS) is 1. The van der Waals surface area contributed by atoms with Gasteiger partial charge < -0.3 is 20.5 Å². The molecule has 6 nitrogen and oxygen atoms in total. The number of hydrogen-bond acceptors (Lipinski definition) is 3. The molecule has 1 aromatic rings. The summed E-state index contributed by atoms with van der Waals surface area (Å²) in [5.41, 5.74) is 0.607. The van der Waals surface area contributed by atoms with Crippen molar-refractivity contribution in [2.45, 2.75) is 19.9 Å². The number of urea groups is 1. The lowest BCUT2D eigenvalue weighted by molar-refractivity contribution is -0.139. The molecule has 0 heterocycles. The van der Waals surface area contributed by atoms with Crippen molar-refractivity contribution in [3.8, 4) is 5.75 Å². The molecule has 0 fully saturated rings. The van der Waals surface area contributed by atoms with Crippen molar-refractivity contribution >= 4 is 17.7 Å². The Morgan fingerprint density at radius 2 is 1.89 bits per heavy atom. The zero-order chi connectivity index (χ0) is 13.5. The summed E-state index contributed by atoms with van der Waals surface area (Å²) >= 11 is 0. The van der Waals surface area contributed by atoms with Crippen LogP contribution in [0.3, 0.4) is 0 Å². The normalized spacial score (nSPS) is 9.94. The van der Waals surface area contributed by atoms with Gasteiger partial charge in [0.2, 0.25) is 0 Å².